The van der Waals surface area contributed by atoms with E-state index in [4.69, 9.17) is 4.42 Å². The SMILES string of the molecule is CC1CN(S(C)(=O)=O)CCN1Cc1cc2c(=O)n(C)cc(-c3ccncc3NCC3CC3)c2o1. The van der Waals surface area contributed by atoms with Crippen LogP contribution in [0.15, 0.2) is 39.9 Å². The topological polar surface area (TPSA) is 101 Å². The number of furan rings is 1. The second kappa shape index (κ2) is 8.83. The molecule has 9 nitrogen and oxygen atoms in total. The Morgan fingerprint density at radius 3 is 2.74 bits per heavy atom. The van der Waals surface area contributed by atoms with E-state index in [1.54, 1.807) is 17.8 Å². The molecule has 1 saturated carbocycles. The molecule has 1 aliphatic carbocycles. The van der Waals surface area contributed by atoms with Crippen LogP contribution in [0.5, 0.6) is 0 Å². The van der Waals surface area contributed by atoms with Crippen LogP contribution in [0.2, 0.25) is 0 Å². The summed E-state index contributed by atoms with van der Waals surface area (Å²) in [6.45, 7) is 4.94. The van der Waals surface area contributed by atoms with Crippen LogP contribution in [-0.2, 0) is 23.6 Å². The van der Waals surface area contributed by atoms with Gasteiger partial charge in [-0.05, 0) is 37.8 Å². The summed E-state index contributed by atoms with van der Waals surface area (Å²) in [5.41, 5.74) is 3.19. The molecule has 10 heteroatoms. The molecule has 1 N–H and O–H groups in total. The molecule has 0 aromatic carbocycles. The van der Waals surface area contributed by atoms with Crippen molar-refractivity contribution in [3.63, 3.8) is 0 Å². The summed E-state index contributed by atoms with van der Waals surface area (Å²) in [5, 5.41) is 4.06. The average molecular weight is 486 g/mol. The van der Waals surface area contributed by atoms with Crippen LogP contribution in [0.1, 0.15) is 25.5 Å². The van der Waals surface area contributed by atoms with Crippen molar-refractivity contribution in [2.45, 2.75) is 32.4 Å². The number of nitrogens with zero attached hydrogens (tertiary/aromatic N) is 4. The Kier molecular flexibility index (Phi) is 5.99. The molecule has 2 aliphatic rings. The fraction of sp³-hybridized carbons (Fsp3) is 0.500. The van der Waals surface area contributed by atoms with E-state index in [1.165, 1.54) is 23.4 Å². The molecule has 2 fully saturated rings. The summed E-state index contributed by atoms with van der Waals surface area (Å²) in [7, 11) is -1.45. The van der Waals surface area contributed by atoms with Gasteiger partial charge >= 0.3 is 0 Å². The normalized spacial score (nSPS) is 20.1. The van der Waals surface area contributed by atoms with Crippen LogP contribution in [0.25, 0.3) is 22.1 Å². The van der Waals surface area contributed by atoms with Crippen LogP contribution in [0.4, 0.5) is 5.69 Å². The minimum Gasteiger partial charge on any atom is -0.459 e. The summed E-state index contributed by atoms with van der Waals surface area (Å²) in [4.78, 5) is 19.4. The lowest BCUT2D eigenvalue weighted by Crippen LogP contribution is -2.52. The number of piperazine rings is 1. The molecule has 0 radical (unpaired) electrons. The number of fused-ring (bicyclic) bond motifs is 1. The molecule has 1 aliphatic heterocycles. The van der Waals surface area contributed by atoms with Gasteiger partial charge in [0.05, 0.1) is 30.1 Å². The van der Waals surface area contributed by atoms with Gasteiger partial charge in [0.2, 0.25) is 10.0 Å². The Hall–Kier alpha value is -2.69. The Bertz CT molecular complexity index is 1380. The van der Waals surface area contributed by atoms with Gasteiger partial charge in [0.15, 0.2) is 0 Å². The predicted octanol–water partition coefficient (Wildman–Crippen LogP) is 2.48. The maximum Gasteiger partial charge on any atom is 0.261 e. The first-order valence-electron chi connectivity index (χ1n) is 11.7. The summed E-state index contributed by atoms with van der Waals surface area (Å²) in [6.07, 6.45) is 9.15. The van der Waals surface area contributed by atoms with Gasteiger partial charge in [-0.1, -0.05) is 0 Å². The first kappa shape index (κ1) is 23.1. The maximum atomic E-state index is 12.9. The van der Waals surface area contributed by atoms with Crippen molar-refractivity contribution in [1.82, 2.24) is 18.8 Å². The van der Waals surface area contributed by atoms with Crippen molar-refractivity contribution in [2.24, 2.45) is 13.0 Å². The quantitative estimate of drug-likeness (QED) is 0.549. The molecule has 34 heavy (non-hydrogen) atoms. The van der Waals surface area contributed by atoms with E-state index < -0.39 is 10.0 Å². The number of hydrogen-bond acceptors (Lipinski definition) is 7. The number of rotatable bonds is 7. The van der Waals surface area contributed by atoms with Gasteiger partial charge in [-0.25, -0.2) is 8.42 Å². The number of hydrogen-bond donors (Lipinski definition) is 1. The van der Waals surface area contributed by atoms with Crippen LogP contribution < -0.4 is 10.9 Å². The lowest BCUT2D eigenvalue weighted by atomic mass is 10.1. The molecule has 1 saturated heterocycles. The highest BCUT2D eigenvalue weighted by atomic mass is 32.2. The minimum absolute atomic E-state index is 0.0393. The Morgan fingerprint density at radius 2 is 2.03 bits per heavy atom. The standard InChI is InChI=1S/C24H31N5O4S/c1-16-13-29(34(3,31)32)9-8-28(16)14-18-10-20-23(33-18)21(15-27(2)24(20)30)19-6-7-25-12-22(19)26-11-17-4-5-17/h6-7,10,12,15-17,26H,4-5,8-9,11,13-14H2,1-3H3. The van der Waals surface area contributed by atoms with Gasteiger partial charge in [-0.3, -0.25) is 14.7 Å². The third kappa shape index (κ3) is 4.62. The first-order valence-corrected chi connectivity index (χ1v) is 13.5. The van der Waals surface area contributed by atoms with E-state index in [0.717, 1.165) is 23.4 Å². The molecule has 5 rings (SSSR count). The largest absolute Gasteiger partial charge is 0.459 e. The molecular weight excluding hydrogens is 454 g/mol. The zero-order valence-electron chi connectivity index (χ0n) is 19.8. The smallest absolute Gasteiger partial charge is 0.261 e. The van der Waals surface area contributed by atoms with E-state index in [9.17, 15) is 13.2 Å². The Morgan fingerprint density at radius 1 is 1.24 bits per heavy atom. The van der Waals surface area contributed by atoms with Crippen LogP contribution in [0.3, 0.4) is 0 Å². The fourth-order valence-electron chi connectivity index (χ4n) is 4.62. The lowest BCUT2D eigenvalue weighted by molar-refractivity contribution is 0.115. The maximum absolute atomic E-state index is 12.9. The third-order valence-electron chi connectivity index (χ3n) is 6.85. The van der Waals surface area contributed by atoms with Crippen LogP contribution in [-0.4, -0.2) is 65.7 Å². The highest BCUT2D eigenvalue weighted by Crippen LogP contribution is 2.35. The molecule has 182 valence electrons. The summed E-state index contributed by atoms with van der Waals surface area (Å²) in [5.74, 6) is 1.41. The summed E-state index contributed by atoms with van der Waals surface area (Å²) >= 11 is 0. The molecule has 0 spiro atoms. The van der Waals surface area contributed by atoms with Gasteiger partial charge in [-0.15, -0.1) is 0 Å². The molecule has 3 aromatic rings. The highest BCUT2D eigenvalue weighted by molar-refractivity contribution is 7.88. The average Bonchev–Trinajstić information content (AvgIpc) is 3.53. The zero-order valence-corrected chi connectivity index (χ0v) is 20.6. The number of aryl methyl sites for hydroxylation is 1. The Balaban J connectivity index is 1.47. The van der Waals surface area contributed by atoms with Crippen molar-refractivity contribution in [2.75, 3.05) is 37.8 Å². The monoisotopic (exact) mass is 485 g/mol. The van der Waals surface area contributed by atoms with Crippen molar-refractivity contribution in [3.05, 3.63) is 46.8 Å². The third-order valence-corrected chi connectivity index (χ3v) is 8.12. The van der Waals surface area contributed by atoms with Crippen molar-refractivity contribution in [3.8, 4) is 11.1 Å². The molecule has 1 atom stereocenters. The van der Waals surface area contributed by atoms with Crippen molar-refractivity contribution in [1.29, 1.82) is 0 Å². The van der Waals surface area contributed by atoms with Gasteiger partial charge in [0, 0.05) is 62.8 Å². The predicted molar refractivity (Wildman–Crippen MR) is 132 cm³/mol. The zero-order chi connectivity index (χ0) is 24.0. The van der Waals surface area contributed by atoms with Crippen LogP contribution in [0, 0.1) is 5.92 Å². The summed E-state index contributed by atoms with van der Waals surface area (Å²) in [6, 6.07) is 3.82. The second-order valence-electron chi connectivity index (χ2n) is 9.60. The number of nitrogens with one attached hydrogen (secondary N) is 1. The molecule has 0 amide bonds. The molecule has 0 bridgehead atoms. The van der Waals surface area contributed by atoms with E-state index in [0.29, 0.717) is 48.8 Å². The summed E-state index contributed by atoms with van der Waals surface area (Å²) < 4.78 is 33.2. The van der Waals surface area contributed by atoms with Gasteiger partial charge in [0.25, 0.3) is 5.56 Å². The minimum atomic E-state index is -3.20. The molecular formula is C24H31N5O4S. The molecule has 1 unspecified atom stereocenters. The van der Waals surface area contributed by atoms with Gasteiger partial charge in [0.1, 0.15) is 11.3 Å². The van der Waals surface area contributed by atoms with Crippen molar-refractivity contribution >= 4 is 26.7 Å². The highest BCUT2D eigenvalue weighted by Gasteiger charge is 2.29. The van der Waals surface area contributed by atoms with Crippen LogP contribution >= 0.6 is 0 Å². The van der Waals surface area contributed by atoms with E-state index in [2.05, 4.69) is 15.2 Å². The van der Waals surface area contributed by atoms with Crippen molar-refractivity contribution < 1.29 is 12.8 Å². The first-order chi connectivity index (χ1) is 16.2. The molecule has 3 aromatic heterocycles. The number of sulfonamides is 1. The van der Waals surface area contributed by atoms with E-state index >= 15 is 0 Å². The van der Waals surface area contributed by atoms with E-state index in [-0.39, 0.29) is 11.6 Å². The lowest BCUT2D eigenvalue weighted by Gasteiger charge is -2.38. The number of aromatic nitrogens is 2. The van der Waals surface area contributed by atoms with E-state index in [1.807, 2.05) is 31.5 Å². The second-order valence-corrected chi connectivity index (χ2v) is 11.6. The fourth-order valence-corrected chi connectivity index (χ4v) is 5.52. The van der Waals surface area contributed by atoms with Gasteiger partial charge < -0.3 is 14.3 Å². The number of anilines is 1. The number of pyridine rings is 2. The Labute approximate surface area is 199 Å². The molecule has 4 heterocycles. The van der Waals surface area contributed by atoms with Gasteiger partial charge in [-0.2, -0.15) is 4.31 Å².